The van der Waals surface area contributed by atoms with Crippen LogP contribution < -0.4 is 22.4 Å². The molecular formula is C15H16N8OS. The number of anilines is 1. The summed E-state index contributed by atoms with van der Waals surface area (Å²) in [6.07, 6.45) is 2.11. The number of hydrogen-bond acceptors (Lipinski definition) is 8. The van der Waals surface area contributed by atoms with Crippen LogP contribution in [0.2, 0.25) is 0 Å². The molecule has 128 valence electrons. The summed E-state index contributed by atoms with van der Waals surface area (Å²) < 4.78 is 0. The summed E-state index contributed by atoms with van der Waals surface area (Å²) in [6, 6.07) is 7.36. The Morgan fingerprint density at radius 3 is 2.88 bits per heavy atom. The fraction of sp³-hybridized carbons (Fsp3) is 0.133. The lowest BCUT2D eigenvalue weighted by Crippen LogP contribution is -2.24. The third kappa shape index (κ3) is 4.05. The molecule has 3 aromatic heterocycles. The van der Waals surface area contributed by atoms with Crippen molar-refractivity contribution in [2.45, 2.75) is 12.8 Å². The minimum Gasteiger partial charge on any atom is -0.386 e. The Kier molecular flexibility index (Phi) is 5.11. The van der Waals surface area contributed by atoms with Crippen molar-refractivity contribution >= 4 is 39.1 Å². The van der Waals surface area contributed by atoms with Gasteiger partial charge in [-0.3, -0.25) is 9.78 Å². The predicted molar refractivity (Wildman–Crippen MR) is 97.5 cm³/mol. The fourth-order valence-electron chi connectivity index (χ4n) is 2.14. The number of pyridine rings is 1. The van der Waals surface area contributed by atoms with Gasteiger partial charge in [-0.05, 0) is 23.6 Å². The SMILES string of the molecule is NN/N=C(\N)CCC(=O)Nc1nc(-c2ccccn2)nc2sccc12. The smallest absolute Gasteiger partial charge is 0.225 e. The fourth-order valence-corrected chi connectivity index (χ4v) is 2.90. The first-order valence-electron chi connectivity index (χ1n) is 7.41. The number of aromatic nitrogens is 3. The highest BCUT2D eigenvalue weighted by atomic mass is 32.1. The molecule has 0 fully saturated rings. The van der Waals surface area contributed by atoms with E-state index in [1.807, 2.05) is 29.6 Å². The summed E-state index contributed by atoms with van der Waals surface area (Å²) in [4.78, 5) is 26.2. The first-order valence-corrected chi connectivity index (χ1v) is 8.29. The lowest BCUT2D eigenvalue weighted by Gasteiger charge is -2.08. The molecule has 1 amide bonds. The highest BCUT2D eigenvalue weighted by Gasteiger charge is 2.13. The average Bonchev–Trinajstić information content (AvgIpc) is 3.10. The second kappa shape index (κ2) is 7.64. The van der Waals surface area contributed by atoms with E-state index in [1.54, 1.807) is 6.20 Å². The second-order valence-electron chi connectivity index (χ2n) is 5.03. The van der Waals surface area contributed by atoms with Crippen molar-refractivity contribution in [2.24, 2.45) is 16.7 Å². The number of amides is 1. The van der Waals surface area contributed by atoms with E-state index in [2.05, 4.69) is 30.9 Å². The molecule has 0 radical (unpaired) electrons. The van der Waals surface area contributed by atoms with Crippen LogP contribution >= 0.6 is 11.3 Å². The Bertz CT molecular complexity index is 908. The van der Waals surface area contributed by atoms with Gasteiger partial charge in [0, 0.05) is 19.0 Å². The van der Waals surface area contributed by atoms with Gasteiger partial charge in [0.2, 0.25) is 5.91 Å². The first kappa shape index (κ1) is 16.7. The number of hydrazone groups is 1. The van der Waals surface area contributed by atoms with E-state index in [0.29, 0.717) is 17.3 Å². The molecule has 0 unspecified atom stereocenters. The van der Waals surface area contributed by atoms with E-state index in [1.165, 1.54) is 11.3 Å². The molecule has 0 bridgehead atoms. The Hall–Kier alpha value is -3.11. The number of amidine groups is 1. The van der Waals surface area contributed by atoms with Crippen LogP contribution in [0.25, 0.3) is 21.7 Å². The number of hydrazine groups is 1. The van der Waals surface area contributed by atoms with Crippen LogP contribution in [0.4, 0.5) is 5.82 Å². The maximum atomic E-state index is 12.2. The molecule has 0 saturated heterocycles. The van der Waals surface area contributed by atoms with Crippen LogP contribution in [0, 0.1) is 0 Å². The highest BCUT2D eigenvalue weighted by molar-refractivity contribution is 7.16. The van der Waals surface area contributed by atoms with Crippen LogP contribution in [0.1, 0.15) is 12.8 Å². The predicted octanol–water partition coefficient (Wildman–Crippen LogP) is 1.21. The molecular weight excluding hydrogens is 340 g/mol. The lowest BCUT2D eigenvalue weighted by molar-refractivity contribution is -0.116. The lowest BCUT2D eigenvalue weighted by atomic mass is 10.2. The van der Waals surface area contributed by atoms with Crippen molar-refractivity contribution in [3.05, 3.63) is 35.8 Å². The van der Waals surface area contributed by atoms with Gasteiger partial charge in [-0.1, -0.05) is 6.07 Å². The Morgan fingerprint density at radius 2 is 2.12 bits per heavy atom. The van der Waals surface area contributed by atoms with Gasteiger partial charge in [-0.2, -0.15) is 5.10 Å². The summed E-state index contributed by atoms with van der Waals surface area (Å²) in [6.45, 7) is 0. The van der Waals surface area contributed by atoms with Gasteiger partial charge in [0.15, 0.2) is 5.82 Å². The highest BCUT2D eigenvalue weighted by Crippen LogP contribution is 2.27. The largest absolute Gasteiger partial charge is 0.386 e. The topological polar surface area (TPSA) is 144 Å². The molecule has 3 heterocycles. The zero-order valence-electron chi connectivity index (χ0n) is 13.1. The normalized spacial score (nSPS) is 11.5. The van der Waals surface area contributed by atoms with E-state index in [0.717, 1.165) is 10.2 Å². The van der Waals surface area contributed by atoms with Crippen LogP contribution in [-0.2, 0) is 4.79 Å². The first-order chi connectivity index (χ1) is 12.2. The van der Waals surface area contributed by atoms with Crippen molar-refractivity contribution in [2.75, 3.05) is 5.32 Å². The summed E-state index contributed by atoms with van der Waals surface area (Å²) in [7, 11) is 0. The van der Waals surface area contributed by atoms with Crippen molar-refractivity contribution in [1.82, 2.24) is 20.5 Å². The molecule has 9 nitrogen and oxygen atoms in total. The molecule has 0 aliphatic rings. The number of carbonyl (C=O) groups is 1. The monoisotopic (exact) mass is 356 g/mol. The summed E-state index contributed by atoms with van der Waals surface area (Å²) in [5, 5.41) is 9.09. The second-order valence-corrected chi connectivity index (χ2v) is 5.93. The molecule has 25 heavy (non-hydrogen) atoms. The Balaban J connectivity index is 1.84. The standard InChI is InChI=1S/C15H16N8OS/c16-11(22-23-17)4-5-12(24)19-13-9-6-8-25-15(9)21-14(20-13)10-3-1-2-7-18-10/h1-3,6-8,23H,4-5,17H2,(H2,16,22)(H,19,20,21,24). The van der Waals surface area contributed by atoms with Crippen molar-refractivity contribution in [3.8, 4) is 11.5 Å². The zero-order chi connectivity index (χ0) is 17.6. The molecule has 0 atom stereocenters. The van der Waals surface area contributed by atoms with Gasteiger partial charge in [-0.25, -0.2) is 21.3 Å². The summed E-state index contributed by atoms with van der Waals surface area (Å²) >= 11 is 1.47. The molecule has 10 heteroatoms. The van der Waals surface area contributed by atoms with E-state index >= 15 is 0 Å². The Morgan fingerprint density at radius 1 is 1.24 bits per heavy atom. The van der Waals surface area contributed by atoms with Gasteiger partial charge >= 0.3 is 0 Å². The third-order valence-corrected chi connectivity index (χ3v) is 4.10. The summed E-state index contributed by atoms with van der Waals surface area (Å²) in [5.74, 6) is 5.97. The number of carbonyl (C=O) groups excluding carboxylic acids is 1. The van der Waals surface area contributed by atoms with Gasteiger partial charge < -0.3 is 11.1 Å². The molecule has 0 spiro atoms. The minimum atomic E-state index is -0.228. The van der Waals surface area contributed by atoms with Gasteiger partial charge in [0.1, 0.15) is 22.2 Å². The Labute approximate surface area is 147 Å². The summed E-state index contributed by atoms with van der Waals surface area (Å²) in [5.41, 5.74) is 8.33. The van der Waals surface area contributed by atoms with Crippen molar-refractivity contribution < 1.29 is 4.79 Å². The van der Waals surface area contributed by atoms with E-state index < -0.39 is 0 Å². The van der Waals surface area contributed by atoms with E-state index in [-0.39, 0.29) is 24.6 Å². The van der Waals surface area contributed by atoms with E-state index in [9.17, 15) is 4.79 Å². The van der Waals surface area contributed by atoms with Crippen LogP contribution in [0.5, 0.6) is 0 Å². The maximum absolute atomic E-state index is 12.2. The van der Waals surface area contributed by atoms with E-state index in [4.69, 9.17) is 11.6 Å². The van der Waals surface area contributed by atoms with Crippen LogP contribution in [0.3, 0.4) is 0 Å². The molecule has 0 aliphatic carbocycles. The number of rotatable bonds is 6. The molecule has 3 rings (SSSR count). The number of nitrogens with zero attached hydrogens (tertiary/aromatic N) is 4. The maximum Gasteiger partial charge on any atom is 0.225 e. The third-order valence-electron chi connectivity index (χ3n) is 3.29. The molecule has 6 N–H and O–H groups in total. The van der Waals surface area contributed by atoms with Gasteiger partial charge in [0.05, 0.1) is 5.39 Å². The van der Waals surface area contributed by atoms with Gasteiger partial charge in [-0.15, -0.1) is 11.3 Å². The molecule has 0 aromatic carbocycles. The van der Waals surface area contributed by atoms with Crippen LogP contribution in [-0.4, -0.2) is 26.7 Å². The molecule has 3 aromatic rings. The quantitative estimate of drug-likeness (QED) is 0.225. The zero-order valence-corrected chi connectivity index (χ0v) is 14.0. The average molecular weight is 356 g/mol. The number of thiophene rings is 1. The number of fused-ring (bicyclic) bond motifs is 1. The minimum absolute atomic E-state index is 0.158. The number of hydrogen-bond donors (Lipinski definition) is 4. The molecule has 0 saturated carbocycles. The number of nitrogens with two attached hydrogens (primary N) is 2. The van der Waals surface area contributed by atoms with Crippen molar-refractivity contribution in [1.29, 1.82) is 0 Å². The van der Waals surface area contributed by atoms with Crippen molar-refractivity contribution in [3.63, 3.8) is 0 Å². The molecule has 0 aliphatic heterocycles. The number of nitrogens with one attached hydrogen (secondary N) is 2. The van der Waals surface area contributed by atoms with Crippen LogP contribution in [0.15, 0.2) is 40.9 Å². The van der Waals surface area contributed by atoms with Gasteiger partial charge in [0.25, 0.3) is 0 Å².